The summed E-state index contributed by atoms with van der Waals surface area (Å²) in [6.07, 6.45) is 0. The van der Waals surface area contributed by atoms with Gasteiger partial charge in [-0.1, -0.05) is 13.0 Å². The van der Waals surface area contributed by atoms with E-state index in [0.717, 1.165) is 22.8 Å². The van der Waals surface area contributed by atoms with E-state index in [0.29, 0.717) is 4.47 Å². The van der Waals surface area contributed by atoms with Crippen LogP contribution in [-0.2, 0) is 0 Å². The maximum absolute atomic E-state index is 13.6. The summed E-state index contributed by atoms with van der Waals surface area (Å²) in [4.78, 5) is 5.76. The minimum absolute atomic E-state index is 0.258. The predicted molar refractivity (Wildman–Crippen MR) is 82.0 cm³/mol. The van der Waals surface area contributed by atoms with Crippen molar-refractivity contribution < 1.29 is 4.39 Å². The summed E-state index contributed by atoms with van der Waals surface area (Å²) in [5, 5.41) is 4.24. The third-order valence-corrected chi connectivity index (χ3v) is 4.93. The van der Waals surface area contributed by atoms with E-state index < -0.39 is 0 Å². The molecule has 2 aromatic rings. The maximum Gasteiger partial charge on any atom is 0.138 e. The van der Waals surface area contributed by atoms with Gasteiger partial charge in [0.25, 0.3) is 0 Å². The zero-order valence-electron chi connectivity index (χ0n) is 11.1. The predicted octanol–water partition coefficient (Wildman–Crippen LogP) is 4.69. The highest BCUT2D eigenvalue weighted by Gasteiger charge is 2.15. The Hall–Kier alpha value is -0.780. The highest BCUT2D eigenvalue weighted by molar-refractivity contribution is 9.10. The number of hydrogen-bond donors (Lipinski definition) is 1. The Labute approximate surface area is 125 Å². The minimum Gasteiger partial charge on any atom is -0.310 e. The molecule has 0 fully saturated rings. The number of hydrogen-bond acceptors (Lipinski definition) is 3. The number of aryl methyl sites for hydroxylation is 1. The van der Waals surface area contributed by atoms with Crippen molar-refractivity contribution in [3.05, 3.63) is 39.1 Å². The normalized spacial score (nSPS) is 12.7. The lowest BCUT2D eigenvalue weighted by Gasteiger charge is -2.09. The number of nitrogens with one attached hydrogen (secondary N) is 1. The van der Waals surface area contributed by atoms with Gasteiger partial charge in [0.2, 0.25) is 0 Å². The van der Waals surface area contributed by atoms with Gasteiger partial charge in [-0.3, -0.25) is 0 Å². The summed E-state index contributed by atoms with van der Waals surface area (Å²) < 4.78 is 14.0. The molecule has 2 rings (SSSR count). The summed E-state index contributed by atoms with van der Waals surface area (Å²) >= 11 is 4.78. The molecule has 1 aromatic carbocycles. The first kappa shape index (κ1) is 14.6. The SMILES string of the molecule is CCNC(C)c1sc(-c2ccc(Br)c(F)c2)nc1C. The van der Waals surface area contributed by atoms with Crippen molar-refractivity contribution in [3.63, 3.8) is 0 Å². The highest BCUT2D eigenvalue weighted by Crippen LogP contribution is 2.33. The van der Waals surface area contributed by atoms with Crippen LogP contribution >= 0.6 is 27.3 Å². The second-order valence-corrected chi connectivity index (χ2v) is 6.26. The third kappa shape index (κ3) is 3.22. The summed E-state index contributed by atoms with van der Waals surface area (Å²) in [6.45, 7) is 7.12. The molecular formula is C14H16BrFN2S. The zero-order valence-corrected chi connectivity index (χ0v) is 13.5. The fourth-order valence-corrected chi connectivity index (χ4v) is 3.30. The van der Waals surface area contributed by atoms with Gasteiger partial charge in [-0.2, -0.15) is 0 Å². The number of benzene rings is 1. The van der Waals surface area contributed by atoms with Gasteiger partial charge in [-0.25, -0.2) is 9.37 Å². The molecule has 1 unspecified atom stereocenters. The molecule has 0 bridgehead atoms. The highest BCUT2D eigenvalue weighted by atomic mass is 79.9. The van der Waals surface area contributed by atoms with E-state index >= 15 is 0 Å². The van der Waals surface area contributed by atoms with Crippen molar-refractivity contribution in [1.29, 1.82) is 0 Å². The molecule has 0 saturated heterocycles. The molecule has 0 radical (unpaired) electrons. The van der Waals surface area contributed by atoms with Crippen LogP contribution in [0.1, 0.15) is 30.5 Å². The monoisotopic (exact) mass is 342 g/mol. The van der Waals surface area contributed by atoms with Gasteiger partial charge >= 0.3 is 0 Å². The number of nitrogens with zero attached hydrogens (tertiary/aromatic N) is 1. The van der Waals surface area contributed by atoms with E-state index in [-0.39, 0.29) is 11.9 Å². The number of rotatable bonds is 4. The fraction of sp³-hybridized carbons (Fsp3) is 0.357. The van der Waals surface area contributed by atoms with Gasteiger partial charge in [0.15, 0.2) is 0 Å². The van der Waals surface area contributed by atoms with Crippen molar-refractivity contribution in [2.24, 2.45) is 0 Å². The number of halogens is 2. The molecule has 2 nitrogen and oxygen atoms in total. The second-order valence-electron chi connectivity index (χ2n) is 4.38. The van der Waals surface area contributed by atoms with Gasteiger partial charge in [-0.05, 0) is 48.5 Å². The van der Waals surface area contributed by atoms with E-state index in [1.165, 1.54) is 10.9 Å². The molecule has 0 spiro atoms. The van der Waals surface area contributed by atoms with Crippen molar-refractivity contribution in [2.75, 3.05) is 6.54 Å². The Morgan fingerprint density at radius 2 is 2.21 bits per heavy atom. The van der Waals surface area contributed by atoms with E-state index in [2.05, 4.69) is 40.1 Å². The van der Waals surface area contributed by atoms with Gasteiger partial charge in [-0.15, -0.1) is 11.3 Å². The van der Waals surface area contributed by atoms with Crippen molar-refractivity contribution in [2.45, 2.75) is 26.8 Å². The van der Waals surface area contributed by atoms with Gasteiger partial charge in [0, 0.05) is 16.5 Å². The summed E-state index contributed by atoms with van der Waals surface area (Å²) in [5.41, 5.74) is 1.83. The quantitative estimate of drug-likeness (QED) is 0.871. The van der Waals surface area contributed by atoms with E-state index in [1.54, 1.807) is 17.4 Å². The van der Waals surface area contributed by atoms with Gasteiger partial charge < -0.3 is 5.32 Å². The minimum atomic E-state index is -0.258. The molecular weight excluding hydrogens is 327 g/mol. The fourth-order valence-electron chi connectivity index (χ4n) is 1.96. The first-order valence-electron chi connectivity index (χ1n) is 6.19. The van der Waals surface area contributed by atoms with Crippen LogP contribution in [0.2, 0.25) is 0 Å². The molecule has 1 heterocycles. The standard InChI is InChI=1S/C14H16BrFN2S/c1-4-17-8(2)13-9(3)18-14(19-13)10-5-6-11(15)12(16)7-10/h5-8,17H,4H2,1-3H3. The maximum atomic E-state index is 13.6. The molecule has 19 heavy (non-hydrogen) atoms. The van der Waals surface area contributed by atoms with Gasteiger partial charge in [0.1, 0.15) is 10.8 Å². The van der Waals surface area contributed by atoms with Crippen molar-refractivity contribution in [3.8, 4) is 10.6 Å². The van der Waals surface area contributed by atoms with Crippen LogP contribution in [0.25, 0.3) is 10.6 Å². The van der Waals surface area contributed by atoms with Crippen molar-refractivity contribution >= 4 is 27.3 Å². The van der Waals surface area contributed by atoms with Crippen LogP contribution < -0.4 is 5.32 Å². The Bertz CT molecular complexity index is 583. The molecule has 1 aromatic heterocycles. The largest absolute Gasteiger partial charge is 0.310 e. The second kappa shape index (κ2) is 6.11. The smallest absolute Gasteiger partial charge is 0.138 e. The van der Waals surface area contributed by atoms with Crippen molar-refractivity contribution in [1.82, 2.24) is 10.3 Å². The molecule has 5 heteroatoms. The van der Waals surface area contributed by atoms with E-state index in [9.17, 15) is 4.39 Å². The third-order valence-electron chi connectivity index (χ3n) is 2.90. The first-order valence-corrected chi connectivity index (χ1v) is 7.80. The Kier molecular flexibility index (Phi) is 4.71. The molecule has 102 valence electrons. The van der Waals surface area contributed by atoms with Crippen LogP contribution in [0.3, 0.4) is 0 Å². The first-order chi connectivity index (χ1) is 9.02. The molecule has 1 N–H and O–H groups in total. The van der Waals surface area contributed by atoms with Crippen LogP contribution in [0.5, 0.6) is 0 Å². The van der Waals surface area contributed by atoms with Gasteiger partial charge in [0.05, 0.1) is 10.2 Å². The lowest BCUT2D eigenvalue weighted by atomic mass is 10.2. The number of aromatic nitrogens is 1. The topological polar surface area (TPSA) is 24.9 Å². The van der Waals surface area contributed by atoms with E-state index in [4.69, 9.17) is 0 Å². The molecule has 0 saturated carbocycles. The molecule has 0 aliphatic heterocycles. The molecule has 1 atom stereocenters. The number of thiazole rings is 1. The Morgan fingerprint density at radius 3 is 2.84 bits per heavy atom. The van der Waals surface area contributed by atoms with Crippen LogP contribution in [-0.4, -0.2) is 11.5 Å². The average Bonchev–Trinajstić information content (AvgIpc) is 2.75. The molecule has 0 aliphatic rings. The lowest BCUT2D eigenvalue weighted by Crippen LogP contribution is -2.17. The summed E-state index contributed by atoms with van der Waals surface area (Å²) in [7, 11) is 0. The van der Waals surface area contributed by atoms with E-state index in [1.807, 2.05) is 13.0 Å². The molecule has 0 aliphatic carbocycles. The van der Waals surface area contributed by atoms with Crippen LogP contribution in [0, 0.1) is 12.7 Å². The average molecular weight is 343 g/mol. The Morgan fingerprint density at radius 1 is 1.47 bits per heavy atom. The zero-order chi connectivity index (χ0) is 14.0. The Balaban J connectivity index is 2.36. The van der Waals surface area contributed by atoms with Crippen LogP contribution in [0.4, 0.5) is 4.39 Å². The molecule has 0 amide bonds. The summed E-state index contributed by atoms with van der Waals surface area (Å²) in [5.74, 6) is -0.258. The van der Waals surface area contributed by atoms with Crippen LogP contribution in [0.15, 0.2) is 22.7 Å². The summed E-state index contributed by atoms with van der Waals surface area (Å²) in [6, 6.07) is 5.39. The lowest BCUT2D eigenvalue weighted by molar-refractivity contribution is 0.603.